The molecule has 110 valence electrons. The molecular formula is C17H17BrO3. The fourth-order valence-corrected chi connectivity index (χ4v) is 2.48. The van der Waals surface area contributed by atoms with Crippen LogP contribution >= 0.6 is 15.9 Å². The van der Waals surface area contributed by atoms with Crippen molar-refractivity contribution in [2.75, 3.05) is 0 Å². The maximum Gasteiger partial charge on any atom is 0.349 e. The summed E-state index contributed by atoms with van der Waals surface area (Å²) in [5.41, 5.74) is 1.78. The first-order valence-corrected chi connectivity index (χ1v) is 7.52. The summed E-state index contributed by atoms with van der Waals surface area (Å²) in [5, 5.41) is 9.38. The fraction of sp³-hybridized carbons (Fsp3) is 0.235. The van der Waals surface area contributed by atoms with E-state index in [4.69, 9.17) is 4.74 Å². The van der Waals surface area contributed by atoms with Crippen LogP contribution in [0.1, 0.15) is 37.0 Å². The zero-order chi connectivity index (χ0) is 15.4. The van der Waals surface area contributed by atoms with Gasteiger partial charge in [0.25, 0.3) is 0 Å². The lowest BCUT2D eigenvalue weighted by molar-refractivity contribution is -0.145. The van der Waals surface area contributed by atoms with Crippen LogP contribution in [0.4, 0.5) is 0 Å². The maximum absolute atomic E-state index is 11.5. The minimum Gasteiger partial charge on any atom is -0.478 e. The Morgan fingerprint density at radius 3 is 2.29 bits per heavy atom. The summed E-state index contributed by atoms with van der Waals surface area (Å²) in [4.78, 5) is 11.5. The summed E-state index contributed by atoms with van der Waals surface area (Å²) >= 11 is 3.45. The van der Waals surface area contributed by atoms with Gasteiger partial charge in [0, 0.05) is 5.56 Å². The van der Waals surface area contributed by atoms with E-state index in [1.165, 1.54) is 5.56 Å². The number of aliphatic carboxylic acids is 1. The third-order valence-corrected chi connectivity index (χ3v) is 3.81. The lowest BCUT2D eigenvalue weighted by Gasteiger charge is -2.17. The van der Waals surface area contributed by atoms with Crippen molar-refractivity contribution in [1.29, 1.82) is 0 Å². The molecule has 0 amide bonds. The lowest BCUT2D eigenvalue weighted by Crippen LogP contribution is -2.18. The monoisotopic (exact) mass is 348 g/mol. The summed E-state index contributed by atoms with van der Waals surface area (Å²) < 4.78 is 6.44. The first-order valence-electron chi connectivity index (χ1n) is 6.73. The molecule has 0 aliphatic carbocycles. The van der Waals surface area contributed by atoms with Crippen LogP contribution in [0.3, 0.4) is 0 Å². The van der Waals surface area contributed by atoms with Crippen molar-refractivity contribution in [1.82, 2.24) is 0 Å². The predicted molar refractivity (Wildman–Crippen MR) is 85.7 cm³/mol. The number of benzene rings is 2. The van der Waals surface area contributed by atoms with Gasteiger partial charge in [-0.05, 0) is 39.5 Å². The van der Waals surface area contributed by atoms with Gasteiger partial charge in [0.2, 0.25) is 6.10 Å². The molecule has 0 unspecified atom stereocenters. The molecule has 0 saturated carbocycles. The van der Waals surface area contributed by atoms with Gasteiger partial charge < -0.3 is 9.84 Å². The molecule has 2 aromatic carbocycles. The maximum atomic E-state index is 11.5. The molecule has 0 aliphatic heterocycles. The Balaban J connectivity index is 2.28. The topological polar surface area (TPSA) is 46.5 Å². The largest absolute Gasteiger partial charge is 0.478 e. The van der Waals surface area contributed by atoms with Crippen molar-refractivity contribution < 1.29 is 14.6 Å². The van der Waals surface area contributed by atoms with Gasteiger partial charge in [0.1, 0.15) is 5.75 Å². The number of carboxylic acid groups (broad SMARTS) is 1. The molecule has 21 heavy (non-hydrogen) atoms. The summed E-state index contributed by atoms with van der Waals surface area (Å²) in [6.07, 6.45) is -1.02. The second kappa shape index (κ2) is 6.76. The molecule has 1 N–H and O–H groups in total. The van der Waals surface area contributed by atoms with E-state index in [0.717, 1.165) is 4.47 Å². The molecule has 0 aliphatic rings. The highest BCUT2D eigenvalue weighted by molar-refractivity contribution is 9.10. The summed E-state index contributed by atoms with van der Waals surface area (Å²) in [6, 6.07) is 14.6. The van der Waals surface area contributed by atoms with Crippen LogP contribution in [0, 0.1) is 0 Å². The van der Waals surface area contributed by atoms with Crippen LogP contribution in [-0.2, 0) is 4.79 Å². The molecule has 4 heteroatoms. The Labute approximate surface area is 132 Å². The molecule has 0 aromatic heterocycles. The number of hydrogen-bond acceptors (Lipinski definition) is 2. The standard InChI is InChI=1S/C17H17BrO3/c1-11(2)13-8-9-15(14(18)10-13)21-16(17(19)20)12-6-4-3-5-7-12/h3-11,16H,1-2H3,(H,19,20)/t16-/m0/s1. The highest BCUT2D eigenvalue weighted by atomic mass is 79.9. The minimum absolute atomic E-state index is 0.403. The van der Waals surface area contributed by atoms with E-state index in [1.807, 2.05) is 18.2 Å². The van der Waals surface area contributed by atoms with Crippen molar-refractivity contribution in [2.24, 2.45) is 0 Å². The number of carbonyl (C=O) groups is 1. The van der Waals surface area contributed by atoms with E-state index in [9.17, 15) is 9.90 Å². The van der Waals surface area contributed by atoms with Crippen molar-refractivity contribution in [2.45, 2.75) is 25.9 Å². The predicted octanol–water partition coefficient (Wildman–Crippen LogP) is 4.78. The first kappa shape index (κ1) is 15.6. The van der Waals surface area contributed by atoms with E-state index in [2.05, 4.69) is 29.8 Å². The van der Waals surface area contributed by atoms with Crippen LogP contribution in [0.2, 0.25) is 0 Å². The van der Waals surface area contributed by atoms with Crippen LogP contribution in [0.5, 0.6) is 5.75 Å². The molecule has 0 heterocycles. The summed E-state index contributed by atoms with van der Waals surface area (Å²) in [7, 11) is 0. The van der Waals surface area contributed by atoms with Crippen LogP contribution in [0.25, 0.3) is 0 Å². The highest BCUT2D eigenvalue weighted by Gasteiger charge is 2.22. The summed E-state index contributed by atoms with van der Waals surface area (Å²) in [5.74, 6) is -0.0866. The molecule has 1 atom stereocenters. The number of rotatable bonds is 5. The van der Waals surface area contributed by atoms with E-state index in [-0.39, 0.29) is 0 Å². The van der Waals surface area contributed by atoms with Crippen LogP contribution in [0.15, 0.2) is 53.0 Å². The average Bonchev–Trinajstić information content (AvgIpc) is 2.46. The lowest BCUT2D eigenvalue weighted by atomic mass is 10.0. The second-order valence-corrected chi connectivity index (χ2v) is 5.95. The Kier molecular flexibility index (Phi) is 5.02. The van der Waals surface area contributed by atoms with Crippen LogP contribution < -0.4 is 4.74 Å². The molecule has 0 radical (unpaired) electrons. The van der Waals surface area contributed by atoms with E-state index in [1.54, 1.807) is 30.3 Å². The Morgan fingerprint density at radius 1 is 1.10 bits per heavy atom. The van der Waals surface area contributed by atoms with Crippen LogP contribution in [-0.4, -0.2) is 11.1 Å². The van der Waals surface area contributed by atoms with Crippen molar-refractivity contribution in [3.05, 3.63) is 64.1 Å². The molecule has 3 nitrogen and oxygen atoms in total. The molecular weight excluding hydrogens is 332 g/mol. The van der Waals surface area contributed by atoms with Crippen molar-refractivity contribution in [3.63, 3.8) is 0 Å². The third kappa shape index (κ3) is 3.85. The normalized spacial score (nSPS) is 12.2. The third-order valence-electron chi connectivity index (χ3n) is 3.19. The van der Waals surface area contributed by atoms with Gasteiger partial charge in [-0.2, -0.15) is 0 Å². The molecule has 0 bridgehead atoms. The highest BCUT2D eigenvalue weighted by Crippen LogP contribution is 2.32. The Hall–Kier alpha value is -1.81. The first-order chi connectivity index (χ1) is 9.99. The van der Waals surface area contributed by atoms with E-state index >= 15 is 0 Å². The number of hydrogen-bond donors (Lipinski definition) is 1. The molecule has 0 fully saturated rings. The van der Waals surface area contributed by atoms with Gasteiger partial charge in [-0.3, -0.25) is 0 Å². The molecule has 2 rings (SSSR count). The van der Waals surface area contributed by atoms with Gasteiger partial charge in [-0.1, -0.05) is 50.2 Å². The number of carboxylic acids is 1. The zero-order valence-corrected chi connectivity index (χ0v) is 13.5. The zero-order valence-electron chi connectivity index (χ0n) is 11.9. The summed E-state index contributed by atoms with van der Waals surface area (Å²) in [6.45, 7) is 4.21. The van der Waals surface area contributed by atoms with Gasteiger partial charge in [0.15, 0.2) is 0 Å². The fourth-order valence-electron chi connectivity index (χ4n) is 1.99. The minimum atomic E-state index is -1.02. The Bertz CT molecular complexity index is 623. The SMILES string of the molecule is CC(C)c1ccc(O[C@H](C(=O)O)c2ccccc2)c(Br)c1. The smallest absolute Gasteiger partial charge is 0.349 e. The molecule has 0 spiro atoms. The van der Waals surface area contributed by atoms with Gasteiger partial charge in [0.05, 0.1) is 4.47 Å². The average molecular weight is 349 g/mol. The second-order valence-electron chi connectivity index (χ2n) is 5.09. The Morgan fingerprint density at radius 2 is 1.76 bits per heavy atom. The van der Waals surface area contributed by atoms with Gasteiger partial charge in [-0.15, -0.1) is 0 Å². The van der Waals surface area contributed by atoms with Crippen molar-refractivity contribution >= 4 is 21.9 Å². The van der Waals surface area contributed by atoms with E-state index in [0.29, 0.717) is 17.2 Å². The molecule has 2 aromatic rings. The quantitative estimate of drug-likeness (QED) is 0.845. The molecule has 0 saturated heterocycles. The van der Waals surface area contributed by atoms with Gasteiger partial charge >= 0.3 is 5.97 Å². The number of halogens is 1. The van der Waals surface area contributed by atoms with Gasteiger partial charge in [-0.25, -0.2) is 4.79 Å². The van der Waals surface area contributed by atoms with E-state index < -0.39 is 12.1 Å². The van der Waals surface area contributed by atoms with Crippen molar-refractivity contribution in [3.8, 4) is 5.75 Å². The number of ether oxygens (including phenoxy) is 1.